The molecular formula is C9H7BrCl2O. The molecule has 0 N–H and O–H groups in total. The monoisotopic (exact) mass is 280 g/mol. The molecule has 0 heterocycles. The molecule has 0 unspecified atom stereocenters. The Kier molecular flexibility index (Phi) is 4.64. The van der Waals surface area contributed by atoms with Gasteiger partial charge in [-0.15, -0.1) is 0 Å². The largest absolute Gasteiger partial charge is 0.488 e. The summed E-state index contributed by atoms with van der Waals surface area (Å²) in [7, 11) is 0. The zero-order valence-corrected chi connectivity index (χ0v) is 9.73. The summed E-state index contributed by atoms with van der Waals surface area (Å²) in [4.78, 5) is 0. The first-order valence-electron chi connectivity index (χ1n) is 3.57. The Labute approximate surface area is 95.4 Å². The number of hydrogen-bond donors (Lipinski definition) is 0. The molecule has 70 valence electrons. The summed E-state index contributed by atoms with van der Waals surface area (Å²) in [6.45, 7) is 0.421. The van der Waals surface area contributed by atoms with Crippen molar-refractivity contribution in [1.29, 1.82) is 0 Å². The van der Waals surface area contributed by atoms with Crippen molar-refractivity contribution >= 4 is 39.1 Å². The highest BCUT2D eigenvalue weighted by Gasteiger charge is 2.00. The molecule has 13 heavy (non-hydrogen) atoms. The molecule has 0 aromatic heterocycles. The van der Waals surface area contributed by atoms with Gasteiger partial charge in [-0.2, -0.15) is 0 Å². The van der Waals surface area contributed by atoms with E-state index >= 15 is 0 Å². The number of halogens is 3. The van der Waals surface area contributed by atoms with Gasteiger partial charge in [0.1, 0.15) is 12.4 Å². The third-order valence-corrected chi connectivity index (χ3v) is 2.28. The second-order valence-corrected chi connectivity index (χ2v) is 3.82. The van der Waals surface area contributed by atoms with Crippen molar-refractivity contribution in [3.63, 3.8) is 0 Å². The normalized spacial score (nSPS) is 10.7. The topological polar surface area (TPSA) is 9.23 Å². The second-order valence-electron chi connectivity index (χ2n) is 2.25. The Morgan fingerprint density at radius 2 is 2.23 bits per heavy atom. The van der Waals surface area contributed by atoms with Gasteiger partial charge in [0.2, 0.25) is 0 Å². The predicted octanol–water partition coefficient (Wildman–Crippen LogP) is 4.23. The van der Waals surface area contributed by atoms with Gasteiger partial charge < -0.3 is 4.74 Å². The van der Waals surface area contributed by atoms with Crippen LogP contribution in [0.5, 0.6) is 5.75 Å². The summed E-state index contributed by atoms with van der Waals surface area (Å²) in [6.07, 6.45) is 1.69. The molecule has 1 rings (SSSR count). The van der Waals surface area contributed by atoms with Crippen LogP contribution in [0.3, 0.4) is 0 Å². The van der Waals surface area contributed by atoms with Gasteiger partial charge in [0.25, 0.3) is 0 Å². The van der Waals surface area contributed by atoms with Crippen molar-refractivity contribution in [1.82, 2.24) is 0 Å². The molecule has 0 aliphatic rings. The summed E-state index contributed by atoms with van der Waals surface area (Å²) >= 11 is 14.5. The third kappa shape index (κ3) is 3.59. The maximum atomic E-state index is 5.90. The van der Waals surface area contributed by atoms with E-state index in [1.54, 1.807) is 18.2 Å². The van der Waals surface area contributed by atoms with Gasteiger partial charge >= 0.3 is 0 Å². The van der Waals surface area contributed by atoms with Crippen molar-refractivity contribution in [2.75, 3.05) is 6.61 Å². The molecule has 1 aromatic rings. The van der Waals surface area contributed by atoms with Crippen LogP contribution in [0.2, 0.25) is 5.02 Å². The van der Waals surface area contributed by atoms with E-state index in [1.807, 2.05) is 6.07 Å². The van der Waals surface area contributed by atoms with Crippen LogP contribution in [0.1, 0.15) is 0 Å². The van der Waals surface area contributed by atoms with Crippen LogP contribution in [0.15, 0.2) is 34.3 Å². The Hall–Kier alpha value is -0.180. The van der Waals surface area contributed by atoms with Gasteiger partial charge in [-0.05, 0) is 24.3 Å². The highest BCUT2D eigenvalue weighted by atomic mass is 79.9. The first kappa shape index (κ1) is 10.9. The lowest BCUT2D eigenvalue weighted by atomic mass is 10.3. The third-order valence-electron chi connectivity index (χ3n) is 1.32. The van der Waals surface area contributed by atoms with Crippen LogP contribution in [0, 0.1) is 0 Å². The Morgan fingerprint density at radius 3 is 2.85 bits per heavy atom. The Morgan fingerprint density at radius 1 is 1.46 bits per heavy atom. The number of rotatable bonds is 3. The summed E-state index contributed by atoms with van der Waals surface area (Å²) in [6, 6.07) is 5.45. The van der Waals surface area contributed by atoms with E-state index in [-0.39, 0.29) is 0 Å². The average molecular weight is 282 g/mol. The molecule has 0 aliphatic heterocycles. The molecule has 0 aliphatic carbocycles. The van der Waals surface area contributed by atoms with E-state index < -0.39 is 0 Å². The van der Waals surface area contributed by atoms with Crippen molar-refractivity contribution in [2.24, 2.45) is 0 Å². The van der Waals surface area contributed by atoms with Crippen LogP contribution in [0.4, 0.5) is 0 Å². The second kappa shape index (κ2) is 5.53. The molecule has 4 heteroatoms. The SMILES string of the molecule is Cl/C=C/COc1ccc(Br)cc1Cl. The van der Waals surface area contributed by atoms with Crippen LogP contribution in [-0.4, -0.2) is 6.61 Å². The van der Waals surface area contributed by atoms with Crippen LogP contribution in [0.25, 0.3) is 0 Å². The van der Waals surface area contributed by atoms with Crippen molar-refractivity contribution in [3.05, 3.63) is 39.3 Å². The van der Waals surface area contributed by atoms with Crippen molar-refractivity contribution in [2.45, 2.75) is 0 Å². The van der Waals surface area contributed by atoms with E-state index in [9.17, 15) is 0 Å². The number of benzene rings is 1. The van der Waals surface area contributed by atoms with Crippen molar-refractivity contribution < 1.29 is 4.74 Å². The Bertz CT molecular complexity index is 312. The molecule has 0 bridgehead atoms. The molecule has 0 saturated heterocycles. The Balaban J connectivity index is 2.66. The zero-order valence-electron chi connectivity index (χ0n) is 6.64. The zero-order chi connectivity index (χ0) is 9.68. The summed E-state index contributed by atoms with van der Waals surface area (Å²) in [5.41, 5.74) is 1.41. The minimum atomic E-state index is 0.421. The van der Waals surface area contributed by atoms with Crippen LogP contribution < -0.4 is 4.74 Å². The van der Waals surface area contributed by atoms with Crippen molar-refractivity contribution in [3.8, 4) is 5.75 Å². The molecule has 1 nitrogen and oxygen atoms in total. The fourth-order valence-electron chi connectivity index (χ4n) is 0.767. The molecule has 0 radical (unpaired) electrons. The highest BCUT2D eigenvalue weighted by Crippen LogP contribution is 2.27. The fourth-order valence-corrected chi connectivity index (χ4v) is 1.57. The lowest BCUT2D eigenvalue weighted by Crippen LogP contribution is -1.93. The smallest absolute Gasteiger partial charge is 0.138 e. The van der Waals surface area contributed by atoms with E-state index in [2.05, 4.69) is 15.9 Å². The molecule has 0 amide bonds. The van der Waals surface area contributed by atoms with Gasteiger partial charge in [0, 0.05) is 10.0 Å². The first-order chi connectivity index (χ1) is 6.24. The lowest BCUT2D eigenvalue weighted by molar-refractivity contribution is 0.363. The fraction of sp³-hybridized carbons (Fsp3) is 0.111. The molecule has 1 aromatic carbocycles. The van der Waals surface area contributed by atoms with Crippen LogP contribution >= 0.6 is 39.1 Å². The molecule has 0 atom stereocenters. The number of hydrogen-bond acceptors (Lipinski definition) is 1. The van der Waals surface area contributed by atoms with Crippen LogP contribution in [-0.2, 0) is 0 Å². The quantitative estimate of drug-likeness (QED) is 0.805. The summed E-state index contributed by atoms with van der Waals surface area (Å²) in [5, 5.41) is 0.581. The molecular weight excluding hydrogens is 275 g/mol. The summed E-state index contributed by atoms with van der Waals surface area (Å²) in [5.74, 6) is 0.652. The maximum absolute atomic E-state index is 5.90. The van der Waals surface area contributed by atoms with Gasteiger partial charge in [0.15, 0.2) is 0 Å². The average Bonchev–Trinajstić information content (AvgIpc) is 2.09. The first-order valence-corrected chi connectivity index (χ1v) is 5.18. The van der Waals surface area contributed by atoms with Gasteiger partial charge in [0.05, 0.1) is 5.02 Å². The minimum Gasteiger partial charge on any atom is -0.488 e. The molecule has 0 spiro atoms. The number of ether oxygens (including phenoxy) is 1. The van der Waals surface area contributed by atoms with Gasteiger partial charge in [-0.25, -0.2) is 0 Å². The summed E-state index contributed by atoms with van der Waals surface area (Å²) < 4.78 is 6.24. The highest BCUT2D eigenvalue weighted by molar-refractivity contribution is 9.10. The molecule has 0 saturated carbocycles. The lowest BCUT2D eigenvalue weighted by Gasteiger charge is -2.04. The predicted molar refractivity (Wildman–Crippen MR) is 59.6 cm³/mol. The molecule has 0 fully saturated rings. The maximum Gasteiger partial charge on any atom is 0.138 e. The van der Waals surface area contributed by atoms with E-state index in [0.29, 0.717) is 17.4 Å². The van der Waals surface area contributed by atoms with Gasteiger partial charge in [-0.1, -0.05) is 39.1 Å². The van der Waals surface area contributed by atoms with E-state index in [1.165, 1.54) is 5.54 Å². The standard InChI is InChI=1S/C9H7BrCl2O/c10-7-2-3-9(8(12)6-7)13-5-1-4-11/h1-4,6H,5H2/b4-1+. The van der Waals surface area contributed by atoms with E-state index in [0.717, 1.165) is 4.47 Å². The minimum absolute atomic E-state index is 0.421. The van der Waals surface area contributed by atoms with Gasteiger partial charge in [-0.3, -0.25) is 0 Å². The van der Waals surface area contributed by atoms with E-state index in [4.69, 9.17) is 27.9 Å².